The smallest absolute Gasteiger partial charge is 0.411 e. The fourth-order valence-electron chi connectivity index (χ4n) is 2.74. The normalized spacial score (nSPS) is 32.8. The number of fused-ring (bicyclic) bond motifs is 2. The molecule has 0 spiro atoms. The van der Waals surface area contributed by atoms with Crippen LogP contribution in [0.25, 0.3) is 0 Å². The molecule has 3 unspecified atom stereocenters. The number of aliphatic imine (C=N–C) groups is 1. The summed E-state index contributed by atoms with van der Waals surface area (Å²) in [6, 6.07) is -1.33. The molecule has 0 radical (unpaired) electrons. The molecule has 0 aromatic rings. The van der Waals surface area contributed by atoms with Crippen LogP contribution in [0.5, 0.6) is 0 Å². The molecule has 2 heterocycles. The lowest BCUT2D eigenvalue weighted by Gasteiger charge is -2.44. The van der Waals surface area contributed by atoms with Crippen LogP contribution in [0.2, 0.25) is 0 Å². The van der Waals surface area contributed by atoms with E-state index < -0.39 is 41.2 Å². The van der Waals surface area contributed by atoms with Crippen molar-refractivity contribution in [2.24, 2.45) is 4.99 Å². The average Bonchev–Trinajstić information content (AvgIpc) is 2.65. The monoisotopic (exact) mass is 283 g/mol. The quantitative estimate of drug-likeness (QED) is 0.749. The molecular formula is C13H19N2O5-. The van der Waals surface area contributed by atoms with Crippen molar-refractivity contribution in [2.75, 3.05) is 0 Å². The van der Waals surface area contributed by atoms with E-state index in [1.54, 1.807) is 20.8 Å². The molecule has 0 aromatic heterocycles. The van der Waals surface area contributed by atoms with Gasteiger partial charge in [-0.15, -0.1) is 0 Å². The largest absolute Gasteiger partial charge is 0.861 e. The summed E-state index contributed by atoms with van der Waals surface area (Å²) in [7, 11) is 0. The van der Waals surface area contributed by atoms with Gasteiger partial charge in [-0.1, -0.05) is 0 Å². The minimum absolute atomic E-state index is 0.426. The molecule has 3 atom stereocenters. The third-order valence-electron chi connectivity index (χ3n) is 3.70. The number of carbonyl (C=O) groups is 2. The molecule has 1 saturated heterocycles. The molecule has 1 amide bonds. The molecule has 1 N–H and O–H groups in total. The van der Waals surface area contributed by atoms with Crippen molar-refractivity contribution in [1.29, 1.82) is 0 Å². The van der Waals surface area contributed by atoms with Crippen LogP contribution in [-0.4, -0.2) is 51.2 Å². The molecule has 2 aliphatic rings. The first-order valence-corrected chi connectivity index (χ1v) is 6.58. The lowest BCUT2D eigenvalue weighted by atomic mass is 9.90. The van der Waals surface area contributed by atoms with E-state index in [1.165, 1.54) is 11.8 Å². The molecule has 2 bridgehead atoms. The predicted octanol–water partition coefficient (Wildman–Crippen LogP) is 0.370. The van der Waals surface area contributed by atoms with Crippen molar-refractivity contribution in [3.8, 4) is 0 Å². The average molecular weight is 283 g/mol. The van der Waals surface area contributed by atoms with Gasteiger partial charge < -0.3 is 14.9 Å². The highest BCUT2D eigenvalue weighted by molar-refractivity contribution is 5.92. The van der Waals surface area contributed by atoms with Gasteiger partial charge in [0.15, 0.2) is 5.54 Å². The summed E-state index contributed by atoms with van der Waals surface area (Å²) in [5, 5.41) is 21.3. The van der Waals surface area contributed by atoms with Crippen LogP contribution in [0.4, 0.5) is 4.79 Å². The molecule has 112 valence electrons. The first-order valence-electron chi connectivity index (χ1n) is 6.58. The lowest BCUT2D eigenvalue weighted by molar-refractivity contribution is -0.228. The molecule has 20 heavy (non-hydrogen) atoms. The van der Waals surface area contributed by atoms with E-state index in [1.807, 2.05) is 0 Å². The SMILES string of the molecule is CC(C)(C)OC(=O)N1C2CCC1C(C)(C(=O)O)N=C2[O-]. The van der Waals surface area contributed by atoms with Crippen molar-refractivity contribution in [1.82, 2.24) is 4.90 Å². The highest BCUT2D eigenvalue weighted by atomic mass is 16.6. The molecule has 0 aromatic carbocycles. The third kappa shape index (κ3) is 2.21. The van der Waals surface area contributed by atoms with Crippen LogP contribution in [0.3, 0.4) is 0 Å². The maximum absolute atomic E-state index is 12.2. The van der Waals surface area contributed by atoms with Gasteiger partial charge in [-0.2, -0.15) is 0 Å². The van der Waals surface area contributed by atoms with Crippen molar-refractivity contribution in [2.45, 2.75) is 63.8 Å². The standard InChI is InChI=1S/C13H20N2O5/c1-12(2,3)20-11(19)15-7-5-6-8(15)13(4,10(17)18)14-9(7)16/h7-8H,5-6H2,1-4H3,(H,14,16)(H,17,18)/p-1. The zero-order chi connectivity index (χ0) is 15.3. The highest BCUT2D eigenvalue weighted by Gasteiger charge is 2.55. The van der Waals surface area contributed by atoms with E-state index in [-0.39, 0.29) is 0 Å². The van der Waals surface area contributed by atoms with Gasteiger partial charge in [-0.3, -0.25) is 9.89 Å². The number of nitrogens with zero attached hydrogens (tertiary/aromatic N) is 2. The Kier molecular flexibility index (Phi) is 3.19. The summed E-state index contributed by atoms with van der Waals surface area (Å²) in [5.41, 5.74) is -2.30. The Labute approximate surface area is 117 Å². The number of aliphatic carboxylic acids is 1. The Morgan fingerprint density at radius 2 is 2.05 bits per heavy atom. The van der Waals surface area contributed by atoms with Gasteiger partial charge >= 0.3 is 12.1 Å². The fraction of sp³-hybridized carbons (Fsp3) is 0.769. The second-order valence-electron chi connectivity index (χ2n) is 6.40. The number of ether oxygens (including phenoxy) is 1. The Morgan fingerprint density at radius 1 is 1.45 bits per heavy atom. The molecule has 7 heteroatoms. The van der Waals surface area contributed by atoms with E-state index in [0.717, 1.165) is 0 Å². The molecular weight excluding hydrogens is 264 g/mol. The van der Waals surface area contributed by atoms with Crippen LogP contribution in [0.1, 0.15) is 40.5 Å². The topological polar surface area (TPSA) is 102 Å². The Balaban J connectivity index is 2.35. The van der Waals surface area contributed by atoms with E-state index in [4.69, 9.17) is 4.74 Å². The first-order chi connectivity index (χ1) is 9.06. The Hall–Kier alpha value is -1.79. The Morgan fingerprint density at radius 3 is 2.55 bits per heavy atom. The Bertz CT molecular complexity index is 482. The summed E-state index contributed by atoms with van der Waals surface area (Å²) < 4.78 is 5.28. The van der Waals surface area contributed by atoms with Crippen LogP contribution in [0.15, 0.2) is 4.99 Å². The molecule has 0 saturated carbocycles. The molecule has 2 rings (SSSR count). The van der Waals surface area contributed by atoms with E-state index in [2.05, 4.69) is 4.99 Å². The third-order valence-corrected chi connectivity index (χ3v) is 3.70. The first kappa shape index (κ1) is 14.6. The van der Waals surface area contributed by atoms with E-state index in [0.29, 0.717) is 12.8 Å². The number of carbonyl (C=O) groups excluding carboxylic acids is 1. The van der Waals surface area contributed by atoms with Crippen LogP contribution < -0.4 is 5.11 Å². The maximum Gasteiger partial charge on any atom is 0.411 e. The van der Waals surface area contributed by atoms with Crippen molar-refractivity contribution in [3.05, 3.63) is 0 Å². The zero-order valence-electron chi connectivity index (χ0n) is 12.0. The second-order valence-corrected chi connectivity index (χ2v) is 6.40. The minimum Gasteiger partial charge on any atom is -0.861 e. The summed E-state index contributed by atoms with van der Waals surface area (Å²) in [4.78, 5) is 28.7. The molecule has 0 aliphatic carbocycles. The van der Waals surface area contributed by atoms with Gasteiger partial charge in [0.2, 0.25) is 0 Å². The highest BCUT2D eigenvalue weighted by Crippen LogP contribution is 2.39. The predicted molar refractivity (Wildman–Crippen MR) is 68.4 cm³/mol. The molecule has 7 nitrogen and oxygen atoms in total. The summed E-state index contributed by atoms with van der Waals surface area (Å²) in [6.07, 6.45) is 0.206. The fourth-order valence-corrected chi connectivity index (χ4v) is 2.74. The van der Waals surface area contributed by atoms with Gasteiger partial charge in [-0.25, -0.2) is 9.59 Å². The van der Waals surface area contributed by atoms with Gasteiger partial charge in [0, 0.05) is 0 Å². The number of hydrogen-bond acceptors (Lipinski definition) is 5. The van der Waals surface area contributed by atoms with Crippen LogP contribution in [0, 0.1) is 0 Å². The zero-order valence-corrected chi connectivity index (χ0v) is 12.0. The van der Waals surface area contributed by atoms with E-state index >= 15 is 0 Å². The van der Waals surface area contributed by atoms with Crippen LogP contribution >= 0.6 is 0 Å². The van der Waals surface area contributed by atoms with E-state index in [9.17, 15) is 19.8 Å². The van der Waals surface area contributed by atoms with Gasteiger partial charge in [0.25, 0.3) is 0 Å². The van der Waals surface area contributed by atoms with Crippen LogP contribution in [-0.2, 0) is 9.53 Å². The number of carboxylic acid groups (broad SMARTS) is 1. The molecule has 1 fully saturated rings. The summed E-state index contributed by atoms with van der Waals surface area (Å²) in [6.45, 7) is 6.54. The summed E-state index contributed by atoms with van der Waals surface area (Å²) >= 11 is 0. The van der Waals surface area contributed by atoms with Gasteiger partial charge in [0.05, 0.1) is 12.1 Å². The summed E-state index contributed by atoms with van der Waals surface area (Å²) in [5.74, 6) is -1.76. The lowest BCUT2D eigenvalue weighted by Crippen LogP contribution is -2.63. The number of amides is 1. The van der Waals surface area contributed by atoms with Crippen molar-refractivity contribution < 1.29 is 24.5 Å². The number of rotatable bonds is 1. The molecule has 2 aliphatic heterocycles. The minimum atomic E-state index is -1.60. The second kappa shape index (κ2) is 4.36. The van der Waals surface area contributed by atoms with Gasteiger partial charge in [0.1, 0.15) is 5.60 Å². The maximum atomic E-state index is 12.2. The number of carboxylic acids is 1. The van der Waals surface area contributed by atoms with Crippen molar-refractivity contribution in [3.63, 3.8) is 0 Å². The van der Waals surface area contributed by atoms with Crippen molar-refractivity contribution >= 4 is 18.0 Å². The van der Waals surface area contributed by atoms with Gasteiger partial charge in [-0.05, 0) is 46.4 Å². The number of hydrogen-bond donors (Lipinski definition) is 1.